The van der Waals surface area contributed by atoms with Gasteiger partial charge in [-0.05, 0) is 44.6 Å². The van der Waals surface area contributed by atoms with Gasteiger partial charge in [-0.1, -0.05) is 32.6 Å². The van der Waals surface area contributed by atoms with E-state index in [9.17, 15) is 0 Å². The molecule has 0 spiro atoms. The molecule has 0 heterocycles. The first kappa shape index (κ1) is 13.4. The fourth-order valence-corrected chi connectivity index (χ4v) is 3.95. The van der Waals surface area contributed by atoms with E-state index < -0.39 is 0 Å². The number of likely N-dealkylation sites (N-methyl/N-ethyl adjacent to an activating group) is 1. The quantitative estimate of drug-likeness (QED) is 0.816. The SMILES string of the molecule is CC1CCCCC1N(C)CC(N)C1CCCC1. The number of nitrogens with two attached hydrogens (primary N) is 1. The lowest BCUT2D eigenvalue weighted by molar-refractivity contribution is 0.124. The molecule has 3 atom stereocenters. The maximum atomic E-state index is 6.39. The van der Waals surface area contributed by atoms with Crippen LogP contribution >= 0.6 is 0 Å². The minimum absolute atomic E-state index is 0.414. The Morgan fingerprint density at radius 3 is 2.29 bits per heavy atom. The second kappa shape index (κ2) is 6.19. The van der Waals surface area contributed by atoms with E-state index in [1.807, 2.05) is 0 Å². The zero-order valence-electron chi connectivity index (χ0n) is 11.7. The zero-order chi connectivity index (χ0) is 12.3. The van der Waals surface area contributed by atoms with Gasteiger partial charge < -0.3 is 10.6 Å². The van der Waals surface area contributed by atoms with Crippen LogP contribution < -0.4 is 5.73 Å². The lowest BCUT2D eigenvalue weighted by Gasteiger charge is -2.38. The Hall–Kier alpha value is -0.0800. The summed E-state index contributed by atoms with van der Waals surface area (Å²) in [6, 6.07) is 1.20. The van der Waals surface area contributed by atoms with Gasteiger partial charge >= 0.3 is 0 Å². The van der Waals surface area contributed by atoms with Gasteiger partial charge in [0.05, 0.1) is 0 Å². The van der Waals surface area contributed by atoms with Crippen LogP contribution in [0.1, 0.15) is 58.3 Å². The van der Waals surface area contributed by atoms with E-state index in [2.05, 4.69) is 18.9 Å². The molecule has 100 valence electrons. The van der Waals surface area contributed by atoms with Crippen molar-refractivity contribution in [2.24, 2.45) is 17.6 Å². The number of rotatable bonds is 4. The summed E-state index contributed by atoms with van der Waals surface area (Å²) in [5.74, 6) is 1.67. The highest BCUT2D eigenvalue weighted by Crippen LogP contribution is 2.30. The summed E-state index contributed by atoms with van der Waals surface area (Å²) in [5, 5.41) is 0. The lowest BCUT2D eigenvalue weighted by atomic mass is 9.84. The maximum absolute atomic E-state index is 6.39. The molecule has 0 radical (unpaired) electrons. The Morgan fingerprint density at radius 2 is 1.65 bits per heavy atom. The van der Waals surface area contributed by atoms with Crippen molar-refractivity contribution < 1.29 is 0 Å². The topological polar surface area (TPSA) is 29.3 Å². The van der Waals surface area contributed by atoms with Crippen molar-refractivity contribution in [2.45, 2.75) is 70.4 Å². The fraction of sp³-hybridized carbons (Fsp3) is 1.00. The molecule has 0 aromatic carbocycles. The van der Waals surface area contributed by atoms with E-state index in [-0.39, 0.29) is 0 Å². The second-order valence-electron chi connectivity index (χ2n) is 6.48. The first-order valence-electron chi connectivity index (χ1n) is 7.64. The molecule has 2 rings (SSSR count). The van der Waals surface area contributed by atoms with Crippen LogP contribution in [0.2, 0.25) is 0 Å². The average Bonchev–Trinajstić information content (AvgIpc) is 2.82. The predicted octanol–water partition coefficient (Wildman–Crippen LogP) is 3.01. The van der Waals surface area contributed by atoms with Crippen LogP contribution in [0.5, 0.6) is 0 Å². The molecule has 0 amide bonds. The van der Waals surface area contributed by atoms with Crippen LogP contribution in [0.4, 0.5) is 0 Å². The van der Waals surface area contributed by atoms with Crippen LogP contribution in [-0.4, -0.2) is 30.6 Å². The van der Waals surface area contributed by atoms with Gasteiger partial charge in [0.1, 0.15) is 0 Å². The Kier molecular flexibility index (Phi) is 4.87. The molecule has 0 saturated heterocycles. The van der Waals surface area contributed by atoms with Gasteiger partial charge in [-0.2, -0.15) is 0 Å². The third kappa shape index (κ3) is 3.45. The molecular formula is C15H30N2. The van der Waals surface area contributed by atoms with Gasteiger partial charge in [-0.3, -0.25) is 0 Å². The first-order chi connectivity index (χ1) is 8.18. The molecule has 2 heteroatoms. The second-order valence-corrected chi connectivity index (χ2v) is 6.48. The monoisotopic (exact) mass is 238 g/mol. The molecule has 2 aliphatic carbocycles. The molecule has 0 bridgehead atoms. The third-order valence-corrected chi connectivity index (χ3v) is 5.14. The summed E-state index contributed by atoms with van der Waals surface area (Å²) in [4.78, 5) is 2.56. The number of hydrogen-bond donors (Lipinski definition) is 1. The fourth-order valence-electron chi connectivity index (χ4n) is 3.95. The van der Waals surface area contributed by atoms with E-state index in [0.29, 0.717) is 6.04 Å². The van der Waals surface area contributed by atoms with Gasteiger partial charge in [0.2, 0.25) is 0 Å². The van der Waals surface area contributed by atoms with Crippen LogP contribution in [0.25, 0.3) is 0 Å². The van der Waals surface area contributed by atoms with E-state index in [1.54, 1.807) is 0 Å². The summed E-state index contributed by atoms with van der Waals surface area (Å²) in [6.45, 7) is 3.53. The van der Waals surface area contributed by atoms with Crippen molar-refractivity contribution in [1.82, 2.24) is 4.90 Å². The number of nitrogens with zero attached hydrogens (tertiary/aromatic N) is 1. The first-order valence-corrected chi connectivity index (χ1v) is 7.64. The zero-order valence-corrected chi connectivity index (χ0v) is 11.7. The van der Waals surface area contributed by atoms with Crippen molar-refractivity contribution in [3.8, 4) is 0 Å². The van der Waals surface area contributed by atoms with Crippen LogP contribution in [0, 0.1) is 11.8 Å². The molecule has 2 aliphatic rings. The Morgan fingerprint density at radius 1 is 1.06 bits per heavy atom. The van der Waals surface area contributed by atoms with Crippen molar-refractivity contribution in [3.63, 3.8) is 0 Å². The predicted molar refractivity (Wildman–Crippen MR) is 74.0 cm³/mol. The molecule has 2 saturated carbocycles. The molecule has 2 fully saturated rings. The van der Waals surface area contributed by atoms with Crippen molar-refractivity contribution >= 4 is 0 Å². The summed E-state index contributed by atoms with van der Waals surface area (Å²) >= 11 is 0. The van der Waals surface area contributed by atoms with E-state index in [0.717, 1.165) is 24.4 Å². The molecule has 17 heavy (non-hydrogen) atoms. The van der Waals surface area contributed by atoms with Crippen molar-refractivity contribution in [2.75, 3.05) is 13.6 Å². The smallest absolute Gasteiger partial charge is 0.0196 e. The van der Waals surface area contributed by atoms with E-state index >= 15 is 0 Å². The molecular weight excluding hydrogens is 208 g/mol. The minimum Gasteiger partial charge on any atom is -0.326 e. The Labute approximate surface area is 107 Å². The van der Waals surface area contributed by atoms with Crippen LogP contribution in [-0.2, 0) is 0 Å². The van der Waals surface area contributed by atoms with Crippen LogP contribution in [0.15, 0.2) is 0 Å². The van der Waals surface area contributed by atoms with Gasteiger partial charge in [-0.25, -0.2) is 0 Å². The molecule has 0 aliphatic heterocycles. The Bertz CT molecular complexity index is 223. The minimum atomic E-state index is 0.414. The van der Waals surface area contributed by atoms with Crippen molar-refractivity contribution in [1.29, 1.82) is 0 Å². The molecule has 2 N–H and O–H groups in total. The van der Waals surface area contributed by atoms with E-state index in [4.69, 9.17) is 5.73 Å². The largest absolute Gasteiger partial charge is 0.326 e. The Balaban J connectivity index is 1.80. The standard InChI is InChI=1S/C15H30N2/c1-12-7-3-6-10-15(12)17(2)11-14(16)13-8-4-5-9-13/h12-15H,3-11,16H2,1-2H3. The van der Waals surface area contributed by atoms with Gasteiger partial charge in [-0.15, -0.1) is 0 Å². The summed E-state index contributed by atoms with van der Waals surface area (Å²) in [5.41, 5.74) is 6.39. The van der Waals surface area contributed by atoms with Gasteiger partial charge in [0.25, 0.3) is 0 Å². The van der Waals surface area contributed by atoms with Gasteiger partial charge in [0, 0.05) is 18.6 Å². The highest BCUT2D eigenvalue weighted by Gasteiger charge is 2.28. The normalized spacial score (nSPS) is 33.2. The number of hydrogen-bond acceptors (Lipinski definition) is 2. The van der Waals surface area contributed by atoms with Crippen LogP contribution in [0.3, 0.4) is 0 Å². The highest BCUT2D eigenvalue weighted by molar-refractivity contribution is 4.85. The van der Waals surface area contributed by atoms with Crippen molar-refractivity contribution in [3.05, 3.63) is 0 Å². The molecule has 0 aromatic rings. The summed E-state index contributed by atoms with van der Waals surface area (Å²) in [7, 11) is 2.29. The molecule has 0 aromatic heterocycles. The summed E-state index contributed by atoms with van der Waals surface area (Å²) in [6.07, 6.45) is 11.2. The van der Waals surface area contributed by atoms with Gasteiger partial charge in [0.15, 0.2) is 0 Å². The third-order valence-electron chi connectivity index (χ3n) is 5.14. The summed E-state index contributed by atoms with van der Waals surface area (Å²) < 4.78 is 0. The molecule has 3 unspecified atom stereocenters. The maximum Gasteiger partial charge on any atom is 0.0196 e. The average molecular weight is 238 g/mol. The molecule has 2 nitrogen and oxygen atoms in total. The highest BCUT2D eigenvalue weighted by atomic mass is 15.1. The lowest BCUT2D eigenvalue weighted by Crippen LogP contribution is -2.47. The van der Waals surface area contributed by atoms with E-state index in [1.165, 1.54) is 51.4 Å².